The largest absolute Gasteiger partial charge is 0.416 e. The molecular weight excluding hydrogens is 622 g/mol. The third kappa shape index (κ3) is 6.67. The van der Waals surface area contributed by atoms with Crippen LogP contribution in [0.3, 0.4) is 0 Å². The van der Waals surface area contributed by atoms with Gasteiger partial charge < -0.3 is 9.64 Å². The molecule has 1 heterocycles. The summed E-state index contributed by atoms with van der Waals surface area (Å²) in [7, 11) is 0. The van der Waals surface area contributed by atoms with Gasteiger partial charge >= 0.3 is 6.18 Å². The van der Waals surface area contributed by atoms with Gasteiger partial charge in [-0.1, -0.05) is 24.3 Å². The molecular formula is C29H27F3IN3O3. The summed E-state index contributed by atoms with van der Waals surface area (Å²) in [6.07, 6.45) is -4.57. The maximum absolute atomic E-state index is 13.7. The average Bonchev–Trinajstić information content (AvgIpc) is 2.91. The summed E-state index contributed by atoms with van der Waals surface area (Å²) in [5.41, 5.74) is 0.528. The number of hydrogen-bond donors (Lipinski definition) is 0. The van der Waals surface area contributed by atoms with Crippen molar-refractivity contribution in [1.29, 1.82) is 0 Å². The zero-order chi connectivity index (χ0) is 28.2. The molecule has 0 saturated heterocycles. The predicted octanol–water partition coefficient (Wildman–Crippen LogP) is 6.18. The van der Waals surface area contributed by atoms with Crippen LogP contribution in [0.5, 0.6) is 0 Å². The number of fused-ring (bicyclic) bond motifs is 1. The summed E-state index contributed by atoms with van der Waals surface area (Å²) in [4.78, 5) is 33.6. The second-order valence-corrected chi connectivity index (χ2v) is 10.2. The Morgan fingerprint density at radius 3 is 2.36 bits per heavy atom. The fourth-order valence-corrected chi connectivity index (χ4v) is 4.70. The zero-order valence-corrected chi connectivity index (χ0v) is 23.6. The molecule has 0 aliphatic carbocycles. The molecule has 0 bridgehead atoms. The van der Waals surface area contributed by atoms with Gasteiger partial charge in [-0.25, -0.2) is 4.98 Å². The van der Waals surface area contributed by atoms with E-state index in [-0.39, 0.29) is 31.0 Å². The first-order valence-corrected chi connectivity index (χ1v) is 13.5. The van der Waals surface area contributed by atoms with Crippen LogP contribution < -0.4 is 5.56 Å². The molecule has 3 aromatic carbocycles. The minimum atomic E-state index is -4.46. The van der Waals surface area contributed by atoms with Gasteiger partial charge in [0.15, 0.2) is 0 Å². The molecule has 0 fully saturated rings. The van der Waals surface area contributed by atoms with Crippen molar-refractivity contribution in [2.45, 2.75) is 32.5 Å². The molecule has 204 valence electrons. The summed E-state index contributed by atoms with van der Waals surface area (Å²) >= 11 is 2.18. The highest BCUT2D eigenvalue weighted by molar-refractivity contribution is 14.1. The Kier molecular flexibility index (Phi) is 9.06. The quantitative estimate of drug-likeness (QED) is 0.161. The average molecular weight is 649 g/mol. The zero-order valence-electron chi connectivity index (χ0n) is 21.4. The fourth-order valence-electron chi connectivity index (χ4n) is 4.34. The predicted molar refractivity (Wildman–Crippen MR) is 152 cm³/mol. The number of rotatable bonds is 9. The highest BCUT2D eigenvalue weighted by Gasteiger charge is 2.31. The molecule has 4 aromatic rings. The summed E-state index contributed by atoms with van der Waals surface area (Å²) in [5, 5.41) is 0.448. The van der Waals surface area contributed by atoms with E-state index in [9.17, 15) is 22.8 Å². The second kappa shape index (κ2) is 12.3. The molecule has 10 heteroatoms. The number of aromatic nitrogens is 2. The van der Waals surface area contributed by atoms with Crippen LogP contribution >= 0.6 is 22.6 Å². The number of nitrogens with zero attached hydrogens (tertiary/aromatic N) is 3. The van der Waals surface area contributed by atoms with Crippen molar-refractivity contribution < 1.29 is 22.7 Å². The molecule has 0 aliphatic rings. The van der Waals surface area contributed by atoms with Gasteiger partial charge in [0, 0.05) is 16.7 Å². The van der Waals surface area contributed by atoms with Gasteiger partial charge in [-0.3, -0.25) is 14.2 Å². The number of hydrogen-bond acceptors (Lipinski definition) is 4. The minimum Gasteiger partial charge on any atom is -0.380 e. The highest BCUT2D eigenvalue weighted by Crippen LogP contribution is 2.29. The van der Waals surface area contributed by atoms with E-state index in [1.165, 1.54) is 16.7 Å². The lowest BCUT2D eigenvalue weighted by Gasteiger charge is -2.30. The van der Waals surface area contributed by atoms with Crippen molar-refractivity contribution in [3.05, 3.63) is 104 Å². The molecule has 1 atom stereocenters. The van der Waals surface area contributed by atoms with E-state index < -0.39 is 17.8 Å². The SMILES string of the molecule is CCOCCN(C(=O)Cc1ccc(C(F)(F)F)cc1)C(C)c1nc2ccccc2c(=O)n1-c1ccc(I)cc1. The number of benzene rings is 3. The van der Waals surface area contributed by atoms with Crippen molar-refractivity contribution in [3.63, 3.8) is 0 Å². The summed E-state index contributed by atoms with van der Waals surface area (Å²) < 4.78 is 47.0. The topological polar surface area (TPSA) is 64.4 Å². The molecule has 0 saturated carbocycles. The third-order valence-electron chi connectivity index (χ3n) is 6.37. The Morgan fingerprint density at radius 2 is 1.72 bits per heavy atom. The van der Waals surface area contributed by atoms with Gasteiger partial charge in [-0.05, 0) is 90.5 Å². The van der Waals surface area contributed by atoms with Crippen LogP contribution in [0.25, 0.3) is 16.6 Å². The van der Waals surface area contributed by atoms with E-state index in [1.807, 2.05) is 31.2 Å². The molecule has 0 aliphatic heterocycles. The van der Waals surface area contributed by atoms with E-state index in [2.05, 4.69) is 22.6 Å². The van der Waals surface area contributed by atoms with E-state index in [0.29, 0.717) is 34.6 Å². The normalized spacial score (nSPS) is 12.5. The second-order valence-electron chi connectivity index (χ2n) is 8.94. The van der Waals surface area contributed by atoms with Gasteiger partial charge in [0.25, 0.3) is 5.56 Å². The first-order valence-electron chi connectivity index (χ1n) is 12.4. The first kappa shape index (κ1) is 28.8. The summed E-state index contributed by atoms with van der Waals surface area (Å²) in [6, 6.07) is 18.3. The van der Waals surface area contributed by atoms with Gasteiger partial charge in [-0.15, -0.1) is 0 Å². The Bertz CT molecular complexity index is 1500. The maximum Gasteiger partial charge on any atom is 0.416 e. The van der Waals surface area contributed by atoms with Gasteiger partial charge in [0.2, 0.25) is 5.91 Å². The molecule has 0 radical (unpaired) electrons. The molecule has 1 amide bonds. The lowest BCUT2D eigenvalue weighted by molar-refractivity contribution is -0.137. The van der Waals surface area contributed by atoms with Crippen molar-refractivity contribution in [2.75, 3.05) is 19.8 Å². The van der Waals surface area contributed by atoms with Gasteiger partial charge in [-0.2, -0.15) is 13.2 Å². The van der Waals surface area contributed by atoms with Crippen LogP contribution in [0.15, 0.2) is 77.6 Å². The fraction of sp³-hybridized carbons (Fsp3) is 0.276. The van der Waals surface area contributed by atoms with Crippen molar-refractivity contribution in [2.24, 2.45) is 0 Å². The molecule has 0 spiro atoms. The smallest absolute Gasteiger partial charge is 0.380 e. The summed E-state index contributed by atoms with van der Waals surface area (Å²) in [5.74, 6) is 0.0516. The Hall–Kier alpha value is -3.25. The van der Waals surface area contributed by atoms with Crippen LogP contribution in [0.1, 0.15) is 36.8 Å². The molecule has 0 N–H and O–H groups in total. The molecule has 6 nitrogen and oxygen atoms in total. The van der Waals surface area contributed by atoms with E-state index in [4.69, 9.17) is 9.72 Å². The monoisotopic (exact) mass is 649 g/mol. The molecule has 4 rings (SSSR count). The number of halogens is 4. The van der Waals surface area contributed by atoms with Crippen LogP contribution in [0, 0.1) is 3.57 Å². The minimum absolute atomic E-state index is 0.115. The standard InChI is InChI=1S/C29H27F3IN3O3/c1-3-39-17-16-35(26(37)18-20-8-10-21(11-9-20)29(30,31)32)19(2)27-34-25-7-5-4-6-24(25)28(38)36(27)23-14-12-22(33)13-15-23/h4-15,19H,3,16-18H2,1-2H3. The van der Waals surface area contributed by atoms with Crippen molar-refractivity contribution >= 4 is 39.4 Å². The highest BCUT2D eigenvalue weighted by atomic mass is 127. The van der Waals surface area contributed by atoms with E-state index in [0.717, 1.165) is 15.7 Å². The molecule has 1 unspecified atom stereocenters. The van der Waals surface area contributed by atoms with Crippen LogP contribution in [0.4, 0.5) is 13.2 Å². The third-order valence-corrected chi connectivity index (χ3v) is 7.08. The van der Waals surface area contributed by atoms with Gasteiger partial charge in [0.05, 0.1) is 41.2 Å². The number of carbonyl (C=O) groups is 1. The number of ether oxygens (including phenoxy) is 1. The Labute approximate surface area is 237 Å². The number of para-hydroxylation sites is 1. The lowest BCUT2D eigenvalue weighted by atomic mass is 10.1. The lowest BCUT2D eigenvalue weighted by Crippen LogP contribution is -2.40. The number of alkyl halides is 3. The number of amides is 1. The van der Waals surface area contributed by atoms with E-state index >= 15 is 0 Å². The first-order chi connectivity index (χ1) is 18.6. The maximum atomic E-state index is 13.7. The van der Waals surface area contributed by atoms with Gasteiger partial charge in [0.1, 0.15) is 5.82 Å². The molecule has 1 aromatic heterocycles. The Morgan fingerprint density at radius 1 is 1.05 bits per heavy atom. The number of carbonyl (C=O) groups excluding carboxylic acids is 1. The Balaban J connectivity index is 1.76. The van der Waals surface area contributed by atoms with Crippen LogP contribution in [-0.2, 0) is 22.1 Å². The summed E-state index contributed by atoms with van der Waals surface area (Å²) in [6.45, 7) is 4.55. The molecule has 39 heavy (non-hydrogen) atoms. The van der Waals surface area contributed by atoms with Crippen LogP contribution in [0.2, 0.25) is 0 Å². The van der Waals surface area contributed by atoms with Crippen LogP contribution in [-0.4, -0.2) is 40.1 Å². The van der Waals surface area contributed by atoms with E-state index in [1.54, 1.807) is 36.1 Å². The van der Waals surface area contributed by atoms with Crippen molar-refractivity contribution in [3.8, 4) is 5.69 Å². The van der Waals surface area contributed by atoms with Crippen molar-refractivity contribution in [1.82, 2.24) is 14.5 Å².